The van der Waals surface area contributed by atoms with Crippen molar-refractivity contribution >= 4 is 23.3 Å². The quantitative estimate of drug-likeness (QED) is 0.932. The van der Waals surface area contributed by atoms with Crippen molar-refractivity contribution in [1.29, 1.82) is 0 Å². The summed E-state index contributed by atoms with van der Waals surface area (Å²) >= 11 is 5.81. The minimum absolute atomic E-state index is 0.0938. The SMILES string of the molecule is CN(Cc1ccccc1F)c1ccc(Cl)cc1C(=O)O. The zero-order valence-corrected chi connectivity index (χ0v) is 11.6. The van der Waals surface area contributed by atoms with Crippen LogP contribution < -0.4 is 4.90 Å². The highest BCUT2D eigenvalue weighted by atomic mass is 35.5. The van der Waals surface area contributed by atoms with Crippen LogP contribution >= 0.6 is 11.6 Å². The molecule has 0 atom stereocenters. The summed E-state index contributed by atoms with van der Waals surface area (Å²) in [5.74, 6) is -1.38. The Morgan fingerprint density at radius 3 is 2.65 bits per heavy atom. The molecule has 1 N–H and O–H groups in total. The highest BCUT2D eigenvalue weighted by molar-refractivity contribution is 6.31. The van der Waals surface area contributed by atoms with Gasteiger partial charge in [-0.15, -0.1) is 0 Å². The van der Waals surface area contributed by atoms with E-state index in [4.69, 9.17) is 11.6 Å². The molecule has 2 aromatic rings. The molecule has 0 aliphatic heterocycles. The van der Waals surface area contributed by atoms with Crippen LogP contribution in [0.3, 0.4) is 0 Å². The second-order valence-electron chi connectivity index (χ2n) is 4.41. The molecule has 0 aliphatic carbocycles. The average Bonchev–Trinajstić information content (AvgIpc) is 2.41. The fourth-order valence-corrected chi connectivity index (χ4v) is 2.15. The summed E-state index contributed by atoms with van der Waals surface area (Å²) in [6.45, 7) is 0.272. The zero-order valence-electron chi connectivity index (χ0n) is 10.8. The van der Waals surface area contributed by atoms with Gasteiger partial charge in [0, 0.05) is 24.2 Å². The summed E-state index contributed by atoms with van der Waals surface area (Å²) in [6, 6.07) is 11.0. The molecule has 0 heterocycles. The van der Waals surface area contributed by atoms with Gasteiger partial charge in [0.2, 0.25) is 0 Å². The van der Waals surface area contributed by atoms with E-state index in [1.165, 1.54) is 12.1 Å². The van der Waals surface area contributed by atoms with E-state index < -0.39 is 5.97 Å². The average molecular weight is 294 g/mol. The van der Waals surface area contributed by atoms with Gasteiger partial charge in [-0.25, -0.2) is 9.18 Å². The smallest absolute Gasteiger partial charge is 0.337 e. The minimum Gasteiger partial charge on any atom is -0.478 e. The Morgan fingerprint density at radius 1 is 1.30 bits per heavy atom. The molecule has 0 fully saturated rings. The second kappa shape index (κ2) is 5.92. The Hall–Kier alpha value is -2.07. The predicted octanol–water partition coefficient (Wildman–Crippen LogP) is 3.81. The molecule has 0 amide bonds. The van der Waals surface area contributed by atoms with Crippen LogP contribution in [0.15, 0.2) is 42.5 Å². The maximum absolute atomic E-state index is 13.6. The first-order chi connectivity index (χ1) is 9.49. The van der Waals surface area contributed by atoms with Gasteiger partial charge in [0.1, 0.15) is 5.82 Å². The standard InChI is InChI=1S/C15H13ClFNO2/c1-18(9-10-4-2-3-5-13(10)17)14-7-6-11(16)8-12(14)15(19)20/h2-8H,9H2,1H3,(H,19,20). The maximum Gasteiger partial charge on any atom is 0.337 e. The van der Waals surface area contributed by atoms with E-state index in [1.807, 2.05) is 0 Å². The molecular formula is C15H13ClFNO2. The molecular weight excluding hydrogens is 281 g/mol. The topological polar surface area (TPSA) is 40.5 Å². The number of hydrogen-bond acceptors (Lipinski definition) is 2. The molecule has 2 rings (SSSR count). The van der Waals surface area contributed by atoms with E-state index in [9.17, 15) is 14.3 Å². The summed E-state index contributed by atoms with van der Waals surface area (Å²) < 4.78 is 13.6. The molecule has 104 valence electrons. The number of nitrogens with zero attached hydrogens (tertiary/aromatic N) is 1. The summed E-state index contributed by atoms with van der Waals surface area (Å²) in [6.07, 6.45) is 0. The number of rotatable bonds is 4. The Balaban J connectivity index is 2.32. The van der Waals surface area contributed by atoms with Crippen LogP contribution in [0.25, 0.3) is 0 Å². The molecule has 0 aromatic heterocycles. The summed E-state index contributed by atoms with van der Waals surface area (Å²) in [7, 11) is 1.71. The molecule has 0 radical (unpaired) electrons. The first-order valence-corrected chi connectivity index (χ1v) is 6.34. The van der Waals surface area contributed by atoms with Gasteiger partial charge in [0.05, 0.1) is 11.3 Å². The monoisotopic (exact) mass is 293 g/mol. The fourth-order valence-electron chi connectivity index (χ4n) is 1.98. The third-order valence-electron chi connectivity index (χ3n) is 2.97. The molecule has 0 aliphatic rings. The Bertz CT molecular complexity index is 646. The normalized spacial score (nSPS) is 10.3. The molecule has 0 spiro atoms. The Labute approximate surface area is 121 Å². The maximum atomic E-state index is 13.6. The summed E-state index contributed by atoms with van der Waals surface area (Å²) in [5.41, 5.74) is 1.09. The van der Waals surface area contributed by atoms with Gasteiger partial charge >= 0.3 is 5.97 Å². The van der Waals surface area contributed by atoms with Crippen molar-refractivity contribution in [2.45, 2.75) is 6.54 Å². The lowest BCUT2D eigenvalue weighted by molar-refractivity contribution is 0.0697. The number of benzene rings is 2. The largest absolute Gasteiger partial charge is 0.478 e. The van der Waals surface area contributed by atoms with Crippen molar-refractivity contribution in [3.63, 3.8) is 0 Å². The van der Waals surface area contributed by atoms with Gasteiger partial charge in [0.15, 0.2) is 0 Å². The minimum atomic E-state index is -1.07. The van der Waals surface area contributed by atoms with Crippen molar-refractivity contribution < 1.29 is 14.3 Å². The van der Waals surface area contributed by atoms with Gasteiger partial charge in [0.25, 0.3) is 0 Å². The highest BCUT2D eigenvalue weighted by Gasteiger charge is 2.15. The molecule has 5 heteroatoms. The first-order valence-electron chi connectivity index (χ1n) is 5.96. The first kappa shape index (κ1) is 14.3. The third-order valence-corrected chi connectivity index (χ3v) is 3.20. The van der Waals surface area contributed by atoms with Crippen molar-refractivity contribution in [2.24, 2.45) is 0 Å². The van der Waals surface area contributed by atoms with E-state index >= 15 is 0 Å². The Morgan fingerprint density at radius 2 is 2.00 bits per heavy atom. The second-order valence-corrected chi connectivity index (χ2v) is 4.85. The van der Waals surface area contributed by atoms with Crippen LogP contribution in [0, 0.1) is 5.82 Å². The molecule has 0 saturated carbocycles. The zero-order chi connectivity index (χ0) is 14.7. The van der Waals surface area contributed by atoms with Crippen LogP contribution in [0.4, 0.5) is 10.1 Å². The number of anilines is 1. The number of hydrogen-bond donors (Lipinski definition) is 1. The van der Waals surface area contributed by atoms with E-state index in [0.29, 0.717) is 16.3 Å². The van der Waals surface area contributed by atoms with Gasteiger partial charge in [-0.2, -0.15) is 0 Å². The van der Waals surface area contributed by atoms with Crippen molar-refractivity contribution in [1.82, 2.24) is 0 Å². The van der Waals surface area contributed by atoms with Crippen molar-refractivity contribution in [3.05, 3.63) is 64.4 Å². The molecule has 3 nitrogen and oxygen atoms in total. The lowest BCUT2D eigenvalue weighted by Crippen LogP contribution is -2.20. The van der Waals surface area contributed by atoms with E-state index in [0.717, 1.165) is 0 Å². The molecule has 20 heavy (non-hydrogen) atoms. The van der Waals surface area contributed by atoms with Crippen LogP contribution in [0.5, 0.6) is 0 Å². The molecule has 0 saturated heterocycles. The van der Waals surface area contributed by atoms with Gasteiger partial charge in [-0.1, -0.05) is 29.8 Å². The third kappa shape index (κ3) is 3.08. The van der Waals surface area contributed by atoms with Crippen molar-refractivity contribution in [3.8, 4) is 0 Å². The van der Waals surface area contributed by atoms with Crippen LogP contribution in [-0.2, 0) is 6.54 Å². The van der Waals surface area contributed by atoms with E-state index in [-0.39, 0.29) is 17.9 Å². The highest BCUT2D eigenvalue weighted by Crippen LogP contribution is 2.25. The number of carboxylic acids is 1. The summed E-state index contributed by atoms with van der Waals surface area (Å²) in [4.78, 5) is 12.9. The predicted molar refractivity (Wildman–Crippen MR) is 76.9 cm³/mol. The van der Waals surface area contributed by atoms with E-state index in [1.54, 1.807) is 42.3 Å². The van der Waals surface area contributed by atoms with E-state index in [2.05, 4.69) is 0 Å². The molecule has 2 aromatic carbocycles. The number of halogens is 2. The van der Waals surface area contributed by atoms with Crippen LogP contribution in [-0.4, -0.2) is 18.1 Å². The number of carbonyl (C=O) groups is 1. The summed E-state index contributed by atoms with van der Waals surface area (Å²) in [5, 5.41) is 9.55. The Kier molecular flexibility index (Phi) is 4.25. The van der Waals surface area contributed by atoms with Crippen LogP contribution in [0.2, 0.25) is 5.02 Å². The van der Waals surface area contributed by atoms with Crippen molar-refractivity contribution in [2.75, 3.05) is 11.9 Å². The van der Waals surface area contributed by atoms with Gasteiger partial charge < -0.3 is 10.0 Å². The fraction of sp³-hybridized carbons (Fsp3) is 0.133. The van der Waals surface area contributed by atoms with Gasteiger partial charge in [-0.05, 0) is 24.3 Å². The van der Waals surface area contributed by atoms with Crippen LogP contribution in [0.1, 0.15) is 15.9 Å². The number of aromatic carboxylic acids is 1. The van der Waals surface area contributed by atoms with Gasteiger partial charge in [-0.3, -0.25) is 0 Å². The lowest BCUT2D eigenvalue weighted by Gasteiger charge is -2.21. The lowest BCUT2D eigenvalue weighted by atomic mass is 10.1. The molecule has 0 bridgehead atoms. The molecule has 0 unspecified atom stereocenters. The number of carboxylic acid groups (broad SMARTS) is 1.